The van der Waals surface area contributed by atoms with Crippen molar-refractivity contribution < 1.29 is 22.3 Å². The van der Waals surface area contributed by atoms with E-state index >= 15 is 4.39 Å². The Bertz CT molecular complexity index is 1700. The van der Waals surface area contributed by atoms with Crippen molar-refractivity contribution in [3.05, 3.63) is 106 Å². The first-order chi connectivity index (χ1) is 18.0. The minimum Gasteiger partial charge on any atom is -0.457 e. The number of para-hydroxylation sites is 1. The average Bonchev–Trinajstić information content (AvgIpc) is 3.41. The van der Waals surface area contributed by atoms with Crippen molar-refractivity contribution in [3.8, 4) is 17.2 Å². The lowest BCUT2D eigenvalue weighted by molar-refractivity contribution is 0.103. The van der Waals surface area contributed by atoms with Crippen LogP contribution in [0.3, 0.4) is 0 Å². The van der Waals surface area contributed by atoms with Gasteiger partial charge in [-0.1, -0.05) is 30.3 Å². The number of nitrogens with zero attached hydrogens (tertiary/aromatic N) is 2. The second-order valence-corrected chi connectivity index (χ2v) is 11.7. The number of ketones is 1. The number of allylic oxidation sites excluding steroid dienone is 1. The van der Waals surface area contributed by atoms with E-state index < -0.39 is 15.7 Å². The molecule has 3 aromatic carbocycles. The summed E-state index contributed by atoms with van der Waals surface area (Å²) in [7, 11) is -3.19. The fourth-order valence-corrected chi connectivity index (χ4v) is 5.56. The third kappa shape index (κ3) is 4.97. The molecule has 38 heavy (non-hydrogen) atoms. The number of nitrogens with two attached hydrogens (primary N) is 1. The van der Waals surface area contributed by atoms with Crippen LogP contribution in [0.15, 0.2) is 66.4 Å². The minimum absolute atomic E-state index is 0.0273. The Hall–Kier alpha value is -4.24. The predicted molar refractivity (Wildman–Crippen MR) is 145 cm³/mol. The summed E-state index contributed by atoms with van der Waals surface area (Å²) < 4.78 is 45.8. The van der Waals surface area contributed by atoms with E-state index in [-0.39, 0.29) is 28.6 Å². The number of carbonyl (C=O) groups excluding carboxylic acids is 1. The van der Waals surface area contributed by atoms with Gasteiger partial charge in [0, 0.05) is 24.3 Å². The summed E-state index contributed by atoms with van der Waals surface area (Å²) in [5.41, 5.74) is 11.0. The Morgan fingerprint density at radius 1 is 1.08 bits per heavy atom. The zero-order valence-corrected chi connectivity index (χ0v) is 22.0. The average molecular weight is 532 g/mol. The molecule has 0 atom stereocenters. The molecular formula is C29H26FN3O4S. The highest BCUT2D eigenvalue weighted by Gasteiger charge is 2.26. The Morgan fingerprint density at radius 3 is 2.50 bits per heavy atom. The number of hydrogen-bond acceptors (Lipinski definition) is 6. The molecule has 0 spiro atoms. The van der Waals surface area contributed by atoms with Gasteiger partial charge in [0.25, 0.3) is 0 Å². The number of nitrogen functional groups attached to an aromatic ring is 1. The Labute approximate surface area is 220 Å². The van der Waals surface area contributed by atoms with Crippen LogP contribution in [-0.2, 0) is 22.0 Å². The normalized spacial score (nSPS) is 12.8. The summed E-state index contributed by atoms with van der Waals surface area (Å²) in [6, 6.07) is 15.7. The topological polar surface area (TPSA) is 104 Å². The lowest BCUT2D eigenvalue weighted by Crippen LogP contribution is -2.10. The molecule has 194 valence electrons. The van der Waals surface area contributed by atoms with Crippen molar-refractivity contribution in [2.75, 3.05) is 12.0 Å². The fraction of sp³-hybridized carbons (Fsp3) is 0.172. The first kappa shape index (κ1) is 25.4. The van der Waals surface area contributed by atoms with Gasteiger partial charge in [0.15, 0.2) is 21.4 Å². The number of benzene rings is 3. The summed E-state index contributed by atoms with van der Waals surface area (Å²) in [6.07, 6.45) is 4.67. The molecule has 7 nitrogen and oxygen atoms in total. The van der Waals surface area contributed by atoms with Crippen molar-refractivity contribution in [2.45, 2.75) is 26.0 Å². The Balaban J connectivity index is 1.41. The van der Waals surface area contributed by atoms with E-state index in [1.54, 1.807) is 31.2 Å². The Kier molecular flexibility index (Phi) is 6.40. The highest BCUT2D eigenvalue weighted by Crippen LogP contribution is 2.33. The van der Waals surface area contributed by atoms with Crippen LogP contribution in [0.1, 0.15) is 38.2 Å². The highest BCUT2D eigenvalue weighted by molar-refractivity contribution is 7.89. The van der Waals surface area contributed by atoms with Crippen molar-refractivity contribution in [1.82, 2.24) is 9.78 Å². The second kappa shape index (κ2) is 9.57. The second-order valence-electron chi connectivity index (χ2n) is 9.56. The molecule has 0 bridgehead atoms. The fourth-order valence-electron chi connectivity index (χ4n) is 4.68. The van der Waals surface area contributed by atoms with Crippen molar-refractivity contribution in [3.63, 3.8) is 0 Å². The number of anilines is 1. The lowest BCUT2D eigenvalue weighted by atomic mass is 10.0. The molecule has 0 unspecified atom stereocenters. The van der Waals surface area contributed by atoms with Gasteiger partial charge in [-0.3, -0.25) is 4.79 Å². The number of rotatable bonds is 7. The number of fused-ring (bicyclic) bond motifs is 1. The van der Waals surface area contributed by atoms with Crippen LogP contribution in [0.4, 0.5) is 10.2 Å². The van der Waals surface area contributed by atoms with Crippen molar-refractivity contribution in [2.24, 2.45) is 0 Å². The largest absolute Gasteiger partial charge is 0.457 e. The van der Waals surface area contributed by atoms with Gasteiger partial charge in [-0.25, -0.2) is 17.5 Å². The summed E-state index contributed by atoms with van der Waals surface area (Å²) in [4.78, 5) is 13.4. The zero-order chi connectivity index (χ0) is 27.2. The molecule has 0 aliphatic heterocycles. The minimum atomic E-state index is -3.19. The van der Waals surface area contributed by atoms with Crippen LogP contribution >= 0.6 is 0 Å². The molecule has 4 aromatic rings. The van der Waals surface area contributed by atoms with Crippen LogP contribution in [0.25, 0.3) is 11.8 Å². The van der Waals surface area contributed by atoms with E-state index in [1.165, 1.54) is 23.2 Å². The third-order valence-corrected chi connectivity index (χ3v) is 7.32. The van der Waals surface area contributed by atoms with Crippen LogP contribution in [0, 0.1) is 19.7 Å². The van der Waals surface area contributed by atoms with E-state index in [0.717, 1.165) is 16.7 Å². The molecule has 5 rings (SSSR count). The van der Waals surface area contributed by atoms with Gasteiger partial charge in [-0.05, 0) is 65.9 Å². The van der Waals surface area contributed by atoms with Crippen molar-refractivity contribution >= 4 is 27.5 Å². The van der Waals surface area contributed by atoms with Gasteiger partial charge in [0.1, 0.15) is 23.0 Å². The standard InChI is InChI=1S/C29H26FN3O4S/c1-17-9-19-11-21(12-20(19)13-22(17)16-38(3,35)36)28(34)25-15-32-33(29(25)31)27-18(2)10-24(14-26(27)30)37-23-7-5-4-6-8-23/h4-11,13-15H,12,16,31H2,1-3H3. The first-order valence-corrected chi connectivity index (χ1v) is 14.0. The van der Waals surface area contributed by atoms with Crippen LogP contribution in [0.2, 0.25) is 0 Å². The molecule has 0 saturated heterocycles. The molecule has 1 aliphatic carbocycles. The third-order valence-electron chi connectivity index (χ3n) is 6.49. The quantitative estimate of drug-likeness (QED) is 0.322. The molecular weight excluding hydrogens is 505 g/mol. The summed E-state index contributed by atoms with van der Waals surface area (Å²) in [6.45, 7) is 3.56. The molecule has 0 fully saturated rings. The number of sulfone groups is 1. The molecule has 1 aliphatic rings. The first-order valence-electron chi connectivity index (χ1n) is 11.9. The number of carbonyl (C=O) groups is 1. The molecule has 0 saturated carbocycles. The van der Waals surface area contributed by atoms with Gasteiger partial charge in [-0.2, -0.15) is 5.10 Å². The van der Waals surface area contributed by atoms with Crippen molar-refractivity contribution in [1.29, 1.82) is 0 Å². The summed E-state index contributed by atoms with van der Waals surface area (Å²) in [5, 5.41) is 4.23. The predicted octanol–water partition coefficient (Wildman–Crippen LogP) is 5.37. The molecule has 1 heterocycles. The SMILES string of the molecule is Cc1cc2c(cc1CS(C)(=O)=O)CC(C(=O)c1cnn(-c3c(C)cc(Oc4ccccc4)cc3F)c1N)=C2. The Morgan fingerprint density at radius 2 is 1.82 bits per heavy atom. The molecule has 9 heteroatoms. The number of halogens is 1. The van der Waals surface area contributed by atoms with Gasteiger partial charge in [0.2, 0.25) is 0 Å². The van der Waals surface area contributed by atoms with E-state index in [1.807, 2.05) is 37.3 Å². The summed E-state index contributed by atoms with van der Waals surface area (Å²) in [5.74, 6) is -0.0266. The molecule has 2 N–H and O–H groups in total. The monoisotopic (exact) mass is 531 g/mol. The molecule has 0 radical (unpaired) electrons. The number of aryl methyl sites for hydroxylation is 2. The number of Topliss-reactive ketones (excluding diaryl/α,β-unsaturated/α-hetero) is 1. The number of aromatic nitrogens is 2. The smallest absolute Gasteiger partial charge is 0.194 e. The van der Waals surface area contributed by atoms with Crippen LogP contribution in [-0.4, -0.2) is 30.2 Å². The van der Waals surface area contributed by atoms with Crippen LogP contribution < -0.4 is 10.5 Å². The maximum Gasteiger partial charge on any atom is 0.194 e. The molecule has 1 aromatic heterocycles. The summed E-state index contributed by atoms with van der Waals surface area (Å²) >= 11 is 0. The highest BCUT2D eigenvalue weighted by atomic mass is 32.2. The maximum atomic E-state index is 15.2. The van der Waals surface area contributed by atoms with E-state index in [2.05, 4.69) is 5.10 Å². The lowest BCUT2D eigenvalue weighted by Gasteiger charge is -2.13. The number of hydrogen-bond donors (Lipinski definition) is 1. The maximum absolute atomic E-state index is 15.2. The van der Waals surface area contributed by atoms with E-state index in [0.29, 0.717) is 34.6 Å². The van der Waals surface area contributed by atoms with Gasteiger partial charge >= 0.3 is 0 Å². The number of ether oxygens (including phenoxy) is 1. The van der Waals surface area contributed by atoms with E-state index in [4.69, 9.17) is 10.5 Å². The van der Waals surface area contributed by atoms with Gasteiger partial charge in [0.05, 0.1) is 17.5 Å². The zero-order valence-electron chi connectivity index (χ0n) is 21.2. The molecule has 0 amide bonds. The van der Waals surface area contributed by atoms with Crippen LogP contribution in [0.5, 0.6) is 11.5 Å². The van der Waals surface area contributed by atoms with Gasteiger partial charge in [-0.15, -0.1) is 0 Å². The van der Waals surface area contributed by atoms with Gasteiger partial charge < -0.3 is 10.5 Å². The van der Waals surface area contributed by atoms with E-state index in [9.17, 15) is 13.2 Å².